The lowest BCUT2D eigenvalue weighted by molar-refractivity contribution is 0.129. The Morgan fingerprint density at radius 2 is 1.89 bits per heavy atom. The molecule has 2 nitrogen and oxygen atoms in total. The van der Waals surface area contributed by atoms with Gasteiger partial charge in [0.25, 0.3) is 0 Å². The predicted molar refractivity (Wildman–Crippen MR) is 75.6 cm³/mol. The Morgan fingerprint density at radius 1 is 1.16 bits per heavy atom. The summed E-state index contributed by atoms with van der Waals surface area (Å²) in [6.45, 7) is 2.66. The van der Waals surface area contributed by atoms with E-state index in [1.807, 2.05) is 36.4 Å². The van der Waals surface area contributed by atoms with Gasteiger partial charge in [-0.05, 0) is 30.5 Å². The summed E-state index contributed by atoms with van der Waals surface area (Å²) >= 11 is 0. The second-order valence-corrected chi connectivity index (χ2v) is 5.15. The molecule has 2 heteroatoms. The molecule has 0 spiro atoms. The van der Waals surface area contributed by atoms with Gasteiger partial charge in [-0.1, -0.05) is 42.5 Å². The van der Waals surface area contributed by atoms with Gasteiger partial charge < -0.3 is 9.84 Å². The molecular weight excluding hydrogens is 236 g/mol. The number of benzene rings is 2. The highest BCUT2D eigenvalue weighted by Gasteiger charge is 2.30. The molecule has 98 valence electrons. The van der Waals surface area contributed by atoms with Gasteiger partial charge in [0.05, 0.1) is 12.7 Å². The zero-order valence-corrected chi connectivity index (χ0v) is 11.0. The van der Waals surface area contributed by atoms with Crippen LogP contribution in [0.4, 0.5) is 0 Å². The van der Waals surface area contributed by atoms with Crippen LogP contribution in [0.3, 0.4) is 0 Å². The van der Waals surface area contributed by atoms with Crippen LogP contribution in [0.1, 0.15) is 22.6 Å². The first-order valence-corrected chi connectivity index (χ1v) is 6.70. The van der Waals surface area contributed by atoms with Crippen LogP contribution in [0.5, 0.6) is 5.75 Å². The smallest absolute Gasteiger partial charge is 0.123 e. The lowest BCUT2D eigenvalue weighted by atomic mass is 9.90. The Balaban J connectivity index is 1.79. The number of rotatable bonds is 3. The van der Waals surface area contributed by atoms with E-state index in [2.05, 4.69) is 19.1 Å². The van der Waals surface area contributed by atoms with Crippen molar-refractivity contribution in [1.82, 2.24) is 0 Å². The number of hydrogen-bond acceptors (Lipinski definition) is 2. The minimum Gasteiger partial charge on any atom is -0.493 e. The van der Waals surface area contributed by atoms with Crippen LogP contribution in [0.2, 0.25) is 0 Å². The Bertz CT molecular complexity index is 577. The average molecular weight is 254 g/mol. The molecule has 1 heterocycles. The second-order valence-electron chi connectivity index (χ2n) is 5.15. The van der Waals surface area contributed by atoms with Gasteiger partial charge in [0.1, 0.15) is 5.75 Å². The lowest BCUT2D eigenvalue weighted by Gasteiger charge is -2.18. The summed E-state index contributed by atoms with van der Waals surface area (Å²) in [6, 6.07) is 16.2. The molecule has 0 saturated heterocycles. The molecule has 0 fully saturated rings. The molecule has 19 heavy (non-hydrogen) atoms. The van der Waals surface area contributed by atoms with Crippen molar-refractivity contribution >= 4 is 0 Å². The Morgan fingerprint density at radius 3 is 2.74 bits per heavy atom. The fraction of sp³-hybridized carbons (Fsp3) is 0.294. The van der Waals surface area contributed by atoms with Crippen LogP contribution < -0.4 is 4.74 Å². The van der Waals surface area contributed by atoms with E-state index >= 15 is 0 Å². The van der Waals surface area contributed by atoms with E-state index in [0.717, 1.165) is 11.3 Å². The number of hydrogen-bond donors (Lipinski definition) is 1. The van der Waals surface area contributed by atoms with Gasteiger partial charge in [-0.2, -0.15) is 0 Å². The van der Waals surface area contributed by atoms with E-state index in [1.165, 1.54) is 11.1 Å². The normalized spacial score (nSPS) is 18.7. The number of aliphatic hydroxyl groups excluding tert-OH is 1. The topological polar surface area (TPSA) is 29.5 Å². The largest absolute Gasteiger partial charge is 0.493 e. The molecule has 1 aliphatic rings. The molecule has 0 saturated carbocycles. The highest BCUT2D eigenvalue weighted by atomic mass is 16.5. The monoisotopic (exact) mass is 254 g/mol. The first-order chi connectivity index (χ1) is 9.25. The van der Waals surface area contributed by atoms with E-state index in [0.29, 0.717) is 13.0 Å². The van der Waals surface area contributed by atoms with Crippen LogP contribution in [-0.4, -0.2) is 17.8 Å². The average Bonchev–Trinajstić information content (AvgIpc) is 2.85. The molecule has 0 bridgehead atoms. The molecule has 3 rings (SSSR count). The standard InChI is InChI=1S/C17H18O2/c1-12-6-2-3-7-13(12)10-16(18)15-11-19-17-9-5-4-8-14(15)17/h2-9,15-16,18H,10-11H2,1H3. The van der Waals surface area contributed by atoms with Crippen molar-refractivity contribution in [2.75, 3.05) is 6.61 Å². The molecule has 2 aromatic carbocycles. The van der Waals surface area contributed by atoms with Crippen LogP contribution in [0.15, 0.2) is 48.5 Å². The zero-order chi connectivity index (χ0) is 13.2. The number of para-hydroxylation sites is 1. The molecule has 2 atom stereocenters. The molecule has 0 aliphatic carbocycles. The summed E-state index contributed by atoms with van der Waals surface area (Å²) in [7, 11) is 0. The molecule has 2 aromatic rings. The molecule has 1 aliphatic heterocycles. The van der Waals surface area contributed by atoms with Gasteiger partial charge in [0.15, 0.2) is 0 Å². The first-order valence-electron chi connectivity index (χ1n) is 6.70. The Hall–Kier alpha value is -1.80. The summed E-state index contributed by atoms with van der Waals surface area (Å²) in [5.41, 5.74) is 3.57. The van der Waals surface area contributed by atoms with Gasteiger partial charge in [-0.25, -0.2) is 0 Å². The van der Waals surface area contributed by atoms with E-state index in [-0.39, 0.29) is 5.92 Å². The zero-order valence-electron chi connectivity index (χ0n) is 11.0. The van der Waals surface area contributed by atoms with E-state index in [1.54, 1.807) is 0 Å². The molecule has 1 N–H and O–H groups in total. The van der Waals surface area contributed by atoms with Crippen molar-refractivity contribution in [3.8, 4) is 5.75 Å². The quantitative estimate of drug-likeness (QED) is 0.912. The third-order valence-electron chi connectivity index (χ3n) is 3.89. The van der Waals surface area contributed by atoms with Crippen LogP contribution in [0.25, 0.3) is 0 Å². The second kappa shape index (κ2) is 5.06. The summed E-state index contributed by atoms with van der Waals surface area (Å²) in [5.74, 6) is 0.993. The van der Waals surface area contributed by atoms with Crippen LogP contribution in [0, 0.1) is 6.92 Å². The van der Waals surface area contributed by atoms with Crippen LogP contribution in [-0.2, 0) is 6.42 Å². The Kier molecular flexibility index (Phi) is 3.26. The molecule has 0 amide bonds. The predicted octanol–water partition coefficient (Wildman–Crippen LogP) is 3.07. The van der Waals surface area contributed by atoms with Crippen molar-refractivity contribution in [1.29, 1.82) is 0 Å². The lowest BCUT2D eigenvalue weighted by Crippen LogP contribution is -2.22. The molecule has 0 aromatic heterocycles. The van der Waals surface area contributed by atoms with Crippen molar-refractivity contribution in [3.63, 3.8) is 0 Å². The third kappa shape index (κ3) is 2.36. The molecule has 0 radical (unpaired) electrons. The summed E-state index contributed by atoms with van der Waals surface area (Å²) in [5, 5.41) is 10.5. The maximum Gasteiger partial charge on any atom is 0.123 e. The van der Waals surface area contributed by atoms with Gasteiger partial charge in [-0.15, -0.1) is 0 Å². The summed E-state index contributed by atoms with van der Waals surface area (Å²) in [4.78, 5) is 0. The minimum atomic E-state index is -0.398. The summed E-state index contributed by atoms with van der Waals surface area (Å²) in [6.07, 6.45) is 0.277. The third-order valence-corrected chi connectivity index (χ3v) is 3.89. The van der Waals surface area contributed by atoms with E-state index < -0.39 is 6.10 Å². The fourth-order valence-corrected chi connectivity index (χ4v) is 2.71. The van der Waals surface area contributed by atoms with Crippen molar-refractivity contribution in [3.05, 3.63) is 65.2 Å². The van der Waals surface area contributed by atoms with Gasteiger partial charge in [0, 0.05) is 11.5 Å². The minimum absolute atomic E-state index is 0.0795. The Labute approximate surface area is 113 Å². The van der Waals surface area contributed by atoms with Crippen molar-refractivity contribution in [2.45, 2.75) is 25.4 Å². The highest BCUT2D eigenvalue weighted by Crippen LogP contribution is 2.36. The maximum absolute atomic E-state index is 10.5. The number of aryl methyl sites for hydroxylation is 1. The SMILES string of the molecule is Cc1ccccc1CC(O)C1COc2ccccc21. The maximum atomic E-state index is 10.5. The fourth-order valence-electron chi connectivity index (χ4n) is 2.71. The number of aliphatic hydroxyl groups is 1. The van der Waals surface area contributed by atoms with Crippen LogP contribution >= 0.6 is 0 Å². The summed E-state index contributed by atoms with van der Waals surface area (Å²) < 4.78 is 5.64. The van der Waals surface area contributed by atoms with Gasteiger partial charge >= 0.3 is 0 Å². The van der Waals surface area contributed by atoms with E-state index in [9.17, 15) is 5.11 Å². The highest BCUT2D eigenvalue weighted by molar-refractivity contribution is 5.40. The van der Waals surface area contributed by atoms with Gasteiger partial charge in [0.2, 0.25) is 0 Å². The molecular formula is C17H18O2. The molecule has 2 unspecified atom stereocenters. The van der Waals surface area contributed by atoms with Crippen molar-refractivity contribution < 1.29 is 9.84 Å². The number of ether oxygens (including phenoxy) is 1. The van der Waals surface area contributed by atoms with Crippen molar-refractivity contribution in [2.24, 2.45) is 0 Å². The van der Waals surface area contributed by atoms with Gasteiger partial charge in [-0.3, -0.25) is 0 Å². The number of fused-ring (bicyclic) bond motifs is 1. The first kappa shape index (κ1) is 12.2. The van der Waals surface area contributed by atoms with E-state index in [4.69, 9.17) is 4.74 Å².